The lowest BCUT2D eigenvalue weighted by Crippen LogP contribution is -2.41. The summed E-state index contributed by atoms with van der Waals surface area (Å²) in [6.45, 7) is 1.21. The van der Waals surface area contributed by atoms with Crippen LogP contribution in [0.15, 0.2) is 24.3 Å². The number of aliphatic carboxylic acids is 1. The summed E-state index contributed by atoms with van der Waals surface area (Å²) < 4.78 is 33.8. The first-order valence-electron chi connectivity index (χ1n) is 8.75. The second-order valence-corrected chi connectivity index (χ2v) is 10.1. The van der Waals surface area contributed by atoms with Gasteiger partial charge in [0, 0.05) is 29.3 Å². The highest BCUT2D eigenvalue weighted by molar-refractivity contribution is 7.89. The van der Waals surface area contributed by atoms with E-state index in [9.17, 15) is 13.2 Å². The minimum Gasteiger partial charge on any atom is -0.479 e. The molecular formula is C18H21NO5S2. The molecule has 3 heterocycles. The second kappa shape index (κ2) is 6.92. The van der Waals surface area contributed by atoms with Crippen LogP contribution in [0.25, 0.3) is 10.1 Å². The van der Waals surface area contributed by atoms with E-state index in [2.05, 4.69) is 12.1 Å². The normalized spacial score (nSPS) is 24.5. The summed E-state index contributed by atoms with van der Waals surface area (Å²) in [5.74, 6) is -1.18. The summed E-state index contributed by atoms with van der Waals surface area (Å²) in [6, 6.07) is 8.19. The van der Waals surface area contributed by atoms with E-state index in [0.717, 1.165) is 11.3 Å². The third kappa shape index (κ3) is 3.38. The fraction of sp³-hybridized carbons (Fsp3) is 0.500. The highest BCUT2D eigenvalue weighted by atomic mass is 32.2. The molecule has 2 unspecified atom stereocenters. The molecular weight excluding hydrogens is 374 g/mol. The number of carbonyl (C=O) groups is 1. The molecule has 1 saturated heterocycles. The molecule has 1 aromatic carbocycles. The highest BCUT2D eigenvalue weighted by Gasteiger charge is 2.34. The molecule has 26 heavy (non-hydrogen) atoms. The maximum absolute atomic E-state index is 12.9. The molecule has 2 aliphatic rings. The van der Waals surface area contributed by atoms with Crippen molar-refractivity contribution in [3.05, 3.63) is 34.7 Å². The van der Waals surface area contributed by atoms with E-state index in [-0.39, 0.29) is 18.1 Å². The number of hydrogen-bond donors (Lipinski definition) is 1. The van der Waals surface area contributed by atoms with Gasteiger partial charge in [-0.1, -0.05) is 18.2 Å². The molecule has 8 heteroatoms. The van der Waals surface area contributed by atoms with Crippen LogP contribution in [0, 0.1) is 5.92 Å². The molecule has 2 atom stereocenters. The van der Waals surface area contributed by atoms with Crippen LogP contribution in [0.5, 0.6) is 0 Å². The van der Waals surface area contributed by atoms with Crippen molar-refractivity contribution in [1.82, 2.24) is 4.31 Å². The lowest BCUT2D eigenvalue weighted by Gasteiger charge is -2.31. The molecule has 0 radical (unpaired) electrons. The minimum atomic E-state index is -3.42. The van der Waals surface area contributed by atoms with Gasteiger partial charge in [0.05, 0.1) is 5.75 Å². The van der Waals surface area contributed by atoms with Gasteiger partial charge in [-0.2, -0.15) is 4.31 Å². The van der Waals surface area contributed by atoms with Crippen LogP contribution in [-0.4, -0.2) is 48.8 Å². The van der Waals surface area contributed by atoms with Crippen LogP contribution in [0.2, 0.25) is 0 Å². The maximum Gasteiger partial charge on any atom is 0.332 e. The summed E-state index contributed by atoms with van der Waals surface area (Å²) in [5.41, 5.74) is 1.27. The topological polar surface area (TPSA) is 83.9 Å². The molecule has 0 spiro atoms. The van der Waals surface area contributed by atoms with Crippen LogP contribution in [0.1, 0.15) is 23.3 Å². The molecule has 1 N–H and O–H groups in total. The third-order valence-electron chi connectivity index (χ3n) is 5.22. The van der Waals surface area contributed by atoms with Crippen molar-refractivity contribution in [3.8, 4) is 0 Å². The number of benzene rings is 1. The van der Waals surface area contributed by atoms with Crippen molar-refractivity contribution in [3.63, 3.8) is 0 Å². The molecule has 4 rings (SSSR count). The van der Waals surface area contributed by atoms with Gasteiger partial charge in [-0.15, -0.1) is 11.3 Å². The number of carboxylic acids is 1. The fourth-order valence-corrected chi connectivity index (χ4v) is 7.01. The van der Waals surface area contributed by atoms with E-state index in [1.165, 1.54) is 15.6 Å². The van der Waals surface area contributed by atoms with Crippen molar-refractivity contribution in [2.45, 2.75) is 31.9 Å². The molecule has 1 aromatic heterocycles. The number of thiophene rings is 1. The zero-order valence-electron chi connectivity index (χ0n) is 14.3. The van der Waals surface area contributed by atoms with Crippen LogP contribution in [0.3, 0.4) is 0 Å². The number of sulfonamides is 1. The summed E-state index contributed by atoms with van der Waals surface area (Å²) in [7, 11) is -3.42. The number of nitrogens with zero attached hydrogens (tertiary/aromatic N) is 1. The van der Waals surface area contributed by atoms with Crippen LogP contribution in [0.4, 0.5) is 0 Å². The van der Waals surface area contributed by atoms with E-state index in [4.69, 9.17) is 9.84 Å². The van der Waals surface area contributed by atoms with Gasteiger partial charge in [0.2, 0.25) is 10.0 Å². The van der Waals surface area contributed by atoms with Crippen molar-refractivity contribution >= 4 is 37.4 Å². The molecule has 6 nitrogen and oxygen atoms in total. The van der Waals surface area contributed by atoms with Gasteiger partial charge < -0.3 is 9.84 Å². The van der Waals surface area contributed by atoms with Gasteiger partial charge in [-0.25, -0.2) is 13.2 Å². The SMILES string of the molecule is O=C(O)C1CC(CS(=O)(=O)N2CCc3c(sc4ccccc34)C2)CCO1. The van der Waals surface area contributed by atoms with Gasteiger partial charge >= 0.3 is 5.97 Å². The highest BCUT2D eigenvalue weighted by Crippen LogP contribution is 2.36. The lowest BCUT2D eigenvalue weighted by molar-refractivity contribution is -0.154. The van der Waals surface area contributed by atoms with Crippen LogP contribution in [-0.2, 0) is 32.5 Å². The Morgan fingerprint density at radius 3 is 2.96 bits per heavy atom. The number of fused-ring (bicyclic) bond motifs is 3. The standard InChI is InChI=1S/C18H21NO5S2/c20-18(21)15-9-12(6-8-24-15)11-26(22,23)19-7-5-14-13-3-1-2-4-16(13)25-17(14)10-19/h1-4,12,15H,5-11H2,(H,20,21). The zero-order valence-corrected chi connectivity index (χ0v) is 15.9. The Kier molecular flexibility index (Phi) is 4.77. The lowest BCUT2D eigenvalue weighted by atomic mass is 9.98. The molecule has 0 aliphatic carbocycles. The van der Waals surface area contributed by atoms with E-state index in [1.54, 1.807) is 15.6 Å². The van der Waals surface area contributed by atoms with E-state index >= 15 is 0 Å². The zero-order chi connectivity index (χ0) is 18.3. The Labute approximate surface area is 156 Å². The number of rotatable bonds is 4. The third-order valence-corrected chi connectivity index (χ3v) is 8.41. The summed E-state index contributed by atoms with van der Waals surface area (Å²) in [6.07, 6.45) is 0.686. The Balaban J connectivity index is 1.49. The van der Waals surface area contributed by atoms with Gasteiger partial charge in [0.15, 0.2) is 6.10 Å². The Morgan fingerprint density at radius 2 is 2.15 bits per heavy atom. The minimum absolute atomic E-state index is 0.000365. The van der Waals surface area contributed by atoms with E-state index in [1.807, 2.05) is 12.1 Å². The molecule has 140 valence electrons. The molecule has 0 amide bonds. The largest absolute Gasteiger partial charge is 0.479 e. The van der Waals surface area contributed by atoms with E-state index < -0.39 is 22.1 Å². The molecule has 0 saturated carbocycles. The first-order valence-corrected chi connectivity index (χ1v) is 11.2. The predicted molar refractivity (Wildman–Crippen MR) is 99.8 cm³/mol. The maximum atomic E-state index is 12.9. The Morgan fingerprint density at radius 1 is 1.35 bits per heavy atom. The second-order valence-electron chi connectivity index (χ2n) is 6.95. The quantitative estimate of drug-likeness (QED) is 0.860. The molecule has 2 aliphatic heterocycles. The van der Waals surface area contributed by atoms with Gasteiger partial charge in [0.1, 0.15) is 0 Å². The van der Waals surface area contributed by atoms with Crippen molar-refractivity contribution < 1.29 is 23.1 Å². The van der Waals surface area contributed by atoms with Crippen molar-refractivity contribution in [1.29, 1.82) is 0 Å². The van der Waals surface area contributed by atoms with Crippen molar-refractivity contribution in [2.24, 2.45) is 5.92 Å². The molecule has 0 bridgehead atoms. The number of hydrogen-bond acceptors (Lipinski definition) is 5. The van der Waals surface area contributed by atoms with Crippen LogP contribution >= 0.6 is 11.3 Å². The van der Waals surface area contributed by atoms with Crippen LogP contribution < -0.4 is 0 Å². The summed E-state index contributed by atoms with van der Waals surface area (Å²) in [5, 5.41) is 10.3. The predicted octanol–water partition coefficient (Wildman–Crippen LogP) is 2.47. The fourth-order valence-electron chi connectivity index (χ4n) is 3.86. The first-order chi connectivity index (χ1) is 12.4. The molecule has 1 fully saturated rings. The van der Waals surface area contributed by atoms with Gasteiger partial charge in [-0.05, 0) is 42.2 Å². The van der Waals surface area contributed by atoms with Crippen molar-refractivity contribution in [2.75, 3.05) is 18.9 Å². The smallest absolute Gasteiger partial charge is 0.332 e. The van der Waals surface area contributed by atoms with E-state index in [0.29, 0.717) is 26.1 Å². The molecule has 2 aromatic rings. The van der Waals surface area contributed by atoms with Gasteiger partial charge in [-0.3, -0.25) is 0 Å². The average molecular weight is 396 g/mol. The number of carboxylic acid groups (broad SMARTS) is 1. The summed E-state index contributed by atoms with van der Waals surface area (Å²) >= 11 is 1.67. The first kappa shape index (κ1) is 17.9. The van der Waals surface area contributed by atoms with Gasteiger partial charge in [0.25, 0.3) is 0 Å². The number of ether oxygens (including phenoxy) is 1. The summed E-state index contributed by atoms with van der Waals surface area (Å²) in [4.78, 5) is 12.2. The average Bonchev–Trinajstić information content (AvgIpc) is 2.99. The monoisotopic (exact) mass is 395 g/mol. The Bertz CT molecular complexity index is 936. The Hall–Kier alpha value is -1.48.